The first-order valence-electron chi connectivity index (χ1n) is 7.40. The normalized spacial score (nSPS) is 17.1. The predicted molar refractivity (Wildman–Crippen MR) is 85.8 cm³/mol. The van der Waals surface area contributed by atoms with Gasteiger partial charge in [-0.15, -0.1) is 0 Å². The van der Waals surface area contributed by atoms with Gasteiger partial charge in [0.2, 0.25) is 0 Å². The van der Waals surface area contributed by atoms with E-state index in [0.29, 0.717) is 11.8 Å². The number of amides is 1. The highest BCUT2D eigenvalue weighted by molar-refractivity contribution is 9.10. The quantitative estimate of drug-likeness (QED) is 0.876. The molecule has 116 valence electrons. The van der Waals surface area contributed by atoms with Crippen LogP contribution >= 0.6 is 15.9 Å². The average Bonchev–Trinajstić information content (AvgIpc) is 2.50. The van der Waals surface area contributed by atoms with Crippen molar-refractivity contribution >= 4 is 21.8 Å². The van der Waals surface area contributed by atoms with Gasteiger partial charge in [-0.1, -0.05) is 19.3 Å². The molecular formula is C16H22BrNO3. The third-order valence-corrected chi connectivity index (χ3v) is 4.38. The minimum absolute atomic E-state index is 0.0513. The topological polar surface area (TPSA) is 47.6 Å². The van der Waals surface area contributed by atoms with Crippen molar-refractivity contribution in [3.8, 4) is 11.5 Å². The molecule has 1 aliphatic rings. The highest BCUT2D eigenvalue weighted by atomic mass is 79.9. The lowest BCUT2D eigenvalue weighted by Crippen LogP contribution is -2.43. The van der Waals surface area contributed by atoms with Gasteiger partial charge in [-0.2, -0.15) is 0 Å². The summed E-state index contributed by atoms with van der Waals surface area (Å²) in [6.07, 6.45) is 5.30. The largest absolute Gasteiger partial charge is 0.497 e. The van der Waals surface area contributed by atoms with E-state index in [0.717, 1.165) is 23.1 Å². The van der Waals surface area contributed by atoms with E-state index in [2.05, 4.69) is 21.2 Å². The number of hydrogen-bond acceptors (Lipinski definition) is 3. The Hall–Kier alpha value is -1.23. The third-order valence-electron chi connectivity index (χ3n) is 3.76. The van der Waals surface area contributed by atoms with E-state index >= 15 is 0 Å². The maximum Gasteiger partial charge on any atom is 0.260 e. The molecule has 0 aromatic heterocycles. The number of hydrogen-bond donors (Lipinski definition) is 1. The maximum absolute atomic E-state index is 12.2. The Kier molecular flexibility index (Phi) is 5.91. The van der Waals surface area contributed by atoms with E-state index < -0.39 is 6.10 Å². The number of halogens is 1. The van der Waals surface area contributed by atoms with Crippen molar-refractivity contribution in [2.24, 2.45) is 0 Å². The fourth-order valence-corrected chi connectivity index (χ4v) is 2.96. The number of ether oxygens (including phenoxy) is 2. The second kappa shape index (κ2) is 7.69. The number of carbonyl (C=O) groups excluding carboxylic acids is 1. The number of carbonyl (C=O) groups is 1. The molecule has 0 bridgehead atoms. The van der Waals surface area contributed by atoms with Crippen LogP contribution in [0, 0.1) is 0 Å². The molecule has 4 nitrogen and oxygen atoms in total. The molecule has 0 aliphatic heterocycles. The minimum Gasteiger partial charge on any atom is -0.497 e. The summed E-state index contributed by atoms with van der Waals surface area (Å²) in [4.78, 5) is 12.2. The number of benzene rings is 1. The van der Waals surface area contributed by atoms with Crippen molar-refractivity contribution in [2.45, 2.75) is 51.2 Å². The van der Waals surface area contributed by atoms with E-state index in [1.54, 1.807) is 20.1 Å². The molecule has 0 spiro atoms. The zero-order valence-corrected chi connectivity index (χ0v) is 14.1. The molecule has 0 radical (unpaired) electrons. The zero-order valence-electron chi connectivity index (χ0n) is 12.5. The Morgan fingerprint density at radius 3 is 2.67 bits per heavy atom. The SMILES string of the molecule is COc1ccc(OC(C)C(=O)NC2CCCCC2)c(Br)c1. The summed E-state index contributed by atoms with van der Waals surface area (Å²) in [7, 11) is 1.61. The molecule has 21 heavy (non-hydrogen) atoms. The fraction of sp³-hybridized carbons (Fsp3) is 0.562. The summed E-state index contributed by atoms with van der Waals surface area (Å²) in [5, 5.41) is 3.08. The Bertz CT molecular complexity index is 486. The predicted octanol–water partition coefficient (Wildman–Crippen LogP) is 3.67. The van der Waals surface area contributed by atoms with Crippen molar-refractivity contribution in [3.05, 3.63) is 22.7 Å². The molecule has 2 rings (SSSR count). The molecular weight excluding hydrogens is 334 g/mol. The van der Waals surface area contributed by atoms with Crippen molar-refractivity contribution in [1.82, 2.24) is 5.32 Å². The summed E-state index contributed by atoms with van der Waals surface area (Å²) >= 11 is 3.43. The average molecular weight is 356 g/mol. The van der Waals surface area contributed by atoms with Gasteiger partial charge in [-0.05, 0) is 53.9 Å². The van der Waals surface area contributed by atoms with Crippen molar-refractivity contribution < 1.29 is 14.3 Å². The first-order chi connectivity index (χ1) is 10.1. The van der Waals surface area contributed by atoms with Gasteiger partial charge in [0.1, 0.15) is 11.5 Å². The monoisotopic (exact) mass is 355 g/mol. The molecule has 0 heterocycles. The molecule has 1 aromatic rings. The van der Waals surface area contributed by atoms with Crippen molar-refractivity contribution in [2.75, 3.05) is 7.11 Å². The van der Waals surface area contributed by atoms with Gasteiger partial charge < -0.3 is 14.8 Å². The Labute approximate surface area is 134 Å². The van der Waals surface area contributed by atoms with Crippen LogP contribution in [0.1, 0.15) is 39.0 Å². The van der Waals surface area contributed by atoms with Gasteiger partial charge >= 0.3 is 0 Å². The Balaban J connectivity index is 1.90. The van der Waals surface area contributed by atoms with E-state index in [4.69, 9.17) is 9.47 Å². The summed E-state index contributed by atoms with van der Waals surface area (Å²) in [6.45, 7) is 1.77. The molecule has 1 aliphatic carbocycles. The molecule has 0 saturated heterocycles. The third kappa shape index (κ3) is 4.63. The van der Waals surface area contributed by atoms with Crippen molar-refractivity contribution in [3.63, 3.8) is 0 Å². The number of nitrogens with one attached hydrogen (secondary N) is 1. The second-order valence-electron chi connectivity index (χ2n) is 5.40. The van der Waals surface area contributed by atoms with Gasteiger partial charge in [0.05, 0.1) is 11.6 Å². The lowest BCUT2D eigenvalue weighted by Gasteiger charge is -2.24. The van der Waals surface area contributed by atoms with Crippen molar-refractivity contribution in [1.29, 1.82) is 0 Å². The smallest absolute Gasteiger partial charge is 0.260 e. The van der Waals surface area contributed by atoms with Crippen LogP contribution in [0.2, 0.25) is 0 Å². The fourth-order valence-electron chi connectivity index (χ4n) is 2.51. The molecule has 5 heteroatoms. The lowest BCUT2D eigenvalue weighted by molar-refractivity contribution is -0.128. The Morgan fingerprint density at radius 2 is 2.05 bits per heavy atom. The first-order valence-corrected chi connectivity index (χ1v) is 8.20. The van der Waals surface area contributed by atoms with Gasteiger partial charge in [-0.25, -0.2) is 0 Å². The standard InChI is InChI=1S/C16H22BrNO3/c1-11(16(19)18-12-6-4-3-5-7-12)21-15-9-8-13(20-2)10-14(15)17/h8-12H,3-7H2,1-2H3,(H,18,19). The van der Waals surface area contributed by atoms with Crippen LogP contribution in [0.15, 0.2) is 22.7 Å². The molecule has 1 saturated carbocycles. The molecule has 1 aromatic carbocycles. The zero-order chi connectivity index (χ0) is 15.2. The van der Waals surface area contributed by atoms with E-state index in [-0.39, 0.29) is 5.91 Å². The molecule has 1 fully saturated rings. The van der Waals surface area contributed by atoms with Crippen LogP contribution in [-0.2, 0) is 4.79 Å². The van der Waals surface area contributed by atoms with Gasteiger partial charge in [0.15, 0.2) is 6.10 Å². The summed E-state index contributed by atoms with van der Waals surface area (Å²) < 4.78 is 11.6. The van der Waals surface area contributed by atoms with E-state index in [1.165, 1.54) is 19.3 Å². The van der Waals surface area contributed by atoms with Crippen LogP contribution in [0.3, 0.4) is 0 Å². The van der Waals surface area contributed by atoms with Crippen LogP contribution in [0.5, 0.6) is 11.5 Å². The van der Waals surface area contributed by atoms with Gasteiger partial charge in [0.25, 0.3) is 5.91 Å². The molecule has 1 atom stereocenters. The van der Waals surface area contributed by atoms with Gasteiger partial charge in [0, 0.05) is 6.04 Å². The summed E-state index contributed by atoms with van der Waals surface area (Å²) in [6, 6.07) is 5.73. The highest BCUT2D eigenvalue weighted by Crippen LogP contribution is 2.30. The van der Waals surface area contributed by atoms with Crippen LogP contribution in [0.25, 0.3) is 0 Å². The first kappa shape index (κ1) is 16.1. The second-order valence-corrected chi connectivity index (χ2v) is 6.25. The van der Waals surface area contributed by atoms with E-state index in [1.807, 2.05) is 12.1 Å². The summed E-state index contributed by atoms with van der Waals surface area (Å²) in [5.41, 5.74) is 0. The number of rotatable bonds is 5. The summed E-state index contributed by atoms with van der Waals surface area (Å²) in [5.74, 6) is 1.33. The minimum atomic E-state index is -0.517. The lowest BCUT2D eigenvalue weighted by atomic mass is 9.95. The molecule has 1 unspecified atom stereocenters. The van der Waals surface area contributed by atoms with E-state index in [9.17, 15) is 4.79 Å². The number of methoxy groups -OCH3 is 1. The molecule has 1 amide bonds. The van der Waals surface area contributed by atoms with Crippen LogP contribution in [-0.4, -0.2) is 25.2 Å². The maximum atomic E-state index is 12.2. The van der Waals surface area contributed by atoms with Crippen LogP contribution < -0.4 is 14.8 Å². The molecule has 1 N–H and O–H groups in total. The van der Waals surface area contributed by atoms with Gasteiger partial charge in [-0.3, -0.25) is 4.79 Å². The highest BCUT2D eigenvalue weighted by Gasteiger charge is 2.21. The Morgan fingerprint density at radius 1 is 1.33 bits per heavy atom. The van der Waals surface area contributed by atoms with Crippen LogP contribution in [0.4, 0.5) is 0 Å².